The first kappa shape index (κ1) is 13.8. The molecule has 0 N–H and O–H groups in total. The first-order valence-electron chi connectivity index (χ1n) is 4.75. The van der Waals surface area contributed by atoms with Crippen LogP contribution in [0.5, 0.6) is 6.01 Å². The largest absolute Gasteiger partial charge is 0.466 e. The molecular formula is C8H12N2O5S2. The number of hydrogen-bond donors (Lipinski definition) is 0. The Morgan fingerprint density at radius 1 is 1.47 bits per heavy atom. The summed E-state index contributed by atoms with van der Waals surface area (Å²) >= 11 is 0.720. The van der Waals surface area contributed by atoms with E-state index in [1.165, 1.54) is 7.11 Å². The highest BCUT2D eigenvalue weighted by molar-refractivity contribution is 7.93. The lowest BCUT2D eigenvalue weighted by atomic mass is 10.5. The standard InChI is InChI=1S/C8H12N2O5S2/c1-3-15-6(11)4-5-17(12,13)8-9-7(14-2)10-16-8/h3-5H2,1-2H3. The Morgan fingerprint density at radius 3 is 2.71 bits per heavy atom. The highest BCUT2D eigenvalue weighted by Gasteiger charge is 2.22. The number of methoxy groups -OCH3 is 1. The zero-order valence-electron chi connectivity index (χ0n) is 9.37. The van der Waals surface area contributed by atoms with Crippen LogP contribution in [0.25, 0.3) is 0 Å². The molecule has 0 aliphatic carbocycles. The van der Waals surface area contributed by atoms with Crippen LogP contribution in [0, 0.1) is 0 Å². The number of esters is 1. The third kappa shape index (κ3) is 3.93. The van der Waals surface area contributed by atoms with Crippen LogP contribution in [0.3, 0.4) is 0 Å². The van der Waals surface area contributed by atoms with Crippen LogP contribution in [0.2, 0.25) is 0 Å². The summed E-state index contributed by atoms with van der Waals surface area (Å²) in [6, 6.07) is 0.00436. The molecule has 0 aromatic carbocycles. The van der Waals surface area contributed by atoms with E-state index >= 15 is 0 Å². The van der Waals surface area contributed by atoms with Crippen molar-refractivity contribution < 1.29 is 22.7 Å². The van der Waals surface area contributed by atoms with E-state index in [0.29, 0.717) is 0 Å². The van der Waals surface area contributed by atoms with Crippen LogP contribution in [0.15, 0.2) is 4.34 Å². The summed E-state index contributed by atoms with van der Waals surface area (Å²) in [7, 11) is -2.25. The fraction of sp³-hybridized carbons (Fsp3) is 0.625. The quantitative estimate of drug-likeness (QED) is 0.690. The zero-order valence-corrected chi connectivity index (χ0v) is 11.0. The molecule has 1 rings (SSSR count). The van der Waals surface area contributed by atoms with Gasteiger partial charge in [0.1, 0.15) is 0 Å². The van der Waals surface area contributed by atoms with Gasteiger partial charge in [-0.05, 0) is 6.92 Å². The summed E-state index contributed by atoms with van der Waals surface area (Å²) in [5.74, 6) is -0.892. The minimum atomic E-state index is -3.60. The molecular weight excluding hydrogens is 268 g/mol. The maximum absolute atomic E-state index is 11.7. The molecule has 0 aliphatic rings. The van der Waals surface area contributed by atoms with Gasteiger partial charge in [0.2, 0.25) is 14.2 Å². The minimum Gasteiger partial charge on any atom is -0.466 e. The van der Waals surface area contributed by atoms with E-state index in [0.717, 1.165) is 11.5 Å². The van der Waals surface area contributed by atoms with Crippen molar-refractivity contribution in [3.05, 3.63) is 0 Å². The maximum Gasteiger partial charge on any atom is 0.329 e. The Kier molecular flexibility index (Phi) is 4.82. The molecule has 0 saturated heterocycles. The van der Waals surface area contributed by atoms with Gasteiger partial charge >= 0.3 is 12.0 Å². The number of rotatable bonds is 6. The number of aromatic nitrogens is 2. The lowest BCUT2D eigenvalue weighted by molar-refractivity contribution is -0.142. The molecule has 0 fully saturated rings. The van der Waals surface area contributed by atoms with Gasteiger partial charge in [0.25, 0.3) is 0 Å². The number of hydrogen-bond acceptors (Lipinski definition) is 8. The van der Waals surface area contributed by atoms with E-state index in [2.05, 4.69) is 18.8 Å². The topological polar surface area (TPSA) is 95.5 Å². The fourth-order valence-corrected chi connectivity index (χ4v) is 2.98. The Labute approximate surface area is 103 Å². The van der Waals surface area contributed by atoms with Gasteiger partial charge in [-0.3, -0.25) is 4.79 Å². The molecule has 0 aliphatic heterocycles. The predicted molar refractivity (Wildman–Crippen MR) is 59.8 cm³/mol. The molecule has 7 nitrogen and oxygen atoms in total. The predicted octanol–water partition coefficient (Wildman–Crippen LogP) is 0.274. The molecule has 1 heterocycles. The van der Waals surface area contributed by atoms with E-state index in [4.69, 9.17) is 0 Å². The Balaban J connectivity index is 2.65. The van der Waals surface area contributed by atoms with Crippen molar-refractivity contribution in [1.29, 1.82) is 0 Å². The Morgan fingerprint density at radius 2 is 2.18 bits per heavy atom. The second-order valence-electron chi connectivity index (χ2n) is 2.92. The molecule has 0 amide bonds. The van der Waals surface area contributed by atoms with Crippen LogP contribution in [-0.4, -0.2) is 43.2 Å². The average molecular weight is 280 g/mol. The summed E-state index contributed by atoms with van der Waals surface area (Å²) in [6.07, 6.45) is -0.196. The smallest absolute Gasteiger partial charge is 0.329 e. The second kappa shape index (κ2) is 5.92. The molecule has 17 heavy (non-hydrogen) atoms. The molecule has 0 saturated carbocycles. The number of nitrogens with zero attached hydrogens (tertiary/aromatic N) is 2. The van der Waals surface area contributed by atoms with Gasteiger partial charge in [0.05, 0.1) is 25.9 Å². The summed E-state index contributed by atoms with van der Waals surface area (Å²) in [6.45, 7) is 1.88. The highest BCUT2D eigenvalue weighted by Crippen LogP contribution is 2.18. The molecule has 96 valence electrons. The van der Waals surface area contributed by atoms with Crippen molar-refractivity contribution in [2.45, 2.75) is 17.7 Å². The van der Waals surface area contributed by atoms with Crippen molar-refractivity contribution in [1.82, 2.24) is 9.36 Å². The van der Waals surface area contributed by atoms with Crippen molar-refractivity contribution in [2.24, 2.45) is 0 Å². The van der Waals surface area contributed by atoms with Crippen LogP contribution >= 0.6 is 11.5 Å². The monoisotopic (exact) mass is 280 g/mol. The molecule has 9 heteroatoms. The Hall–Kier alpha value is -1.22. The van der Waals surface area contributed by atoms with Crippen molar-refractivity contribution >= 4 is 27.3 Å². The van der Waals surface area contributed by atoms with E-state index in [-0.39, 0.29) is 29.1 Å². The Bertz CT molecular complexity index is 482. The first-order valence-corrected chi connectivity index (χ1v) is 7.18. The molecule has 0 radical (unpaired) electrons. The van der Waals surface area contributed by atoms with Crippen LogP contribution in [0.1, 0.15) is 13.3 Å². The molecule has 0 bridgehead atoms. The van der Waals surface area contributed by atoms with Crippen molar-refractivity contribution in [3.63, 3.8) is 0 Å². The molecule has 0 unspecified atom stereocenters. The molecule has 0 atom stereocenters. The summed E-state index contributed by atoms with van der Waals surface area (Å²) in [5, 5.41) is 0. The minimum absolute atomic E-state index is 0.00436. The van der Waals surface area contributed by atoms with Crippen molar-refractivity contribution in [2.75, 3.05) is 19.5 Å². The van der Waals surface area contributed by atoms with Gasteiger partial charge in [-0.1, -0.05) is 0 Å². The van der Waals surface area contributed by atoms with Gasteiger partial charge in [-0.2, -0.15) is 4.98 Å². The second-order valence-corrected chi connectivity index (χ2v) is 5.96. The lowest BCUT2D eigenvalue weighted by Gasteiger charge is -2.00. The van der Waals surface area contributed by atoms with E-state index in [1.54, 1.807) is 6.92 Å². The van der Waals surface area contributed by atoms with Crippen LogP contribution < -0.4 is 4.74 Å². The number of sulfone groups is 1. The number of carbonyl (C=O) groups is 1. The van der Waals surface area contributed by atoms with Crippen molar-refractivity contribution in [3.8, 4) is 6.01 Å². The molecule has 0 spiro atoms. The van der Waals surface area contributed by atoms with E-state index < -0.39 is 15.8 Å². The van der Waals surface area contributed by atoms with Gasteiger partial charge in [-0.25, -0.2) is 8.42 Å². The van der Waals surface area contributed by atoms with Gasteiger partial charge < -0.3 is 9.47 Å². The summed E-state index contributed by atoms with van der Waals surface area (Å²) < 4.78 is 36.3. The maximum atomic E-state index is 11.7. The van der Waals surface area contributed by atoms with E-state index in [1.807, 2.05) is 0 Å². The van der Waals surface area contributed by atoms with Crippen LogP contribution in [0.4, 0.5) is 0 Å². The summed E-state index contributed by atoms with van der Waals surface area (Å²) in [4.78, 5) is 14.7. The van der Waals surface area contributed by atoms with Gasteiger partial charge in [0.15, 0.2) is 0 Å². The summed E-state index contributed by atoms with van der Waals surface area (Å²) in [5.41, 5.74) is 0. The third-order valence-corrected chi connectivity index (χ3v) is 4.56. The molecule has 1 aromatic rings. The van der Waals surface area contributed by atoms with Gasteiger partial charge in [0, 0.05) is 11.5 Å². The zero-order chi connectivity index (χ0) is 12.9. The average Bonchev–Trinajstić information content (AvgIpc) is 2.76. The fourth-order valence-electron chi connectivity index (χ4n) is 0.944. The molecule has 1 aromatic heterocycles. The van der Waals surface area contributed by atoms with Crippen LogP contribution in [-0.2, 0) is 19.4 Å². The highest BCUT2D eigenvalue weighted by atomic mass is 32.2. The van der Waals surface area contributed by atoms with Gasteiger partial charge in [-0.15, -0.1) is 4.37 Å². The first-order chi connectivity index (χ1) is 7.99. The normalized spacial score (nSPS) is 11.2. The lowest BCUT2D eigenvalue weighted by Crippen LogP contribution is -2.13. The number of ether oxygens (including phenoxy) is 2. The number of carbonyl (C=O) groups excluding carboxylic acids is 1. The van der Waals surface area contributed by atoms with E-state index in [9.17, 15) is 13.2 Å². The SMILES string of the molecule is CCOC(=O)CCS(=O)(=O)c1nc(OC)ns1. The third-order valence-electron chi connectivity index (χ3n) is 1.72.